The van der Waals surface area contributed by atoms with E-state index in [4.69, 9.17) is 5.11 Å². The molecule has 1 aliphatic rings. The maximum atomic E-state index is 10.7. The molecule has 3 nitrogen and oxygen atoms in total. The maximum absolute atomic E-state index is 10.7. The first-order chi connectivity index (χ1) is 8.16. The van der Waals surface area contributed by atoms with Crippen molar-refractivity contribution in [2.75, 3.05) is 6.54 Å². The Hall–Kier alpha value is -1.35. The van der Waals surface area contributed by atoms with E-state index in [1.807, 2.05) is 18.2 Å². The molecule has 1 aliphatic heterocycles. The lowest BCUT2D eigenvalue weighted by molar-refractivity contribution is -0.138. The van der Waals surface area contributed by atoms with Gasteiger partial charge in [0.05, 0.1) is 0 Å². The summed E-state index contributed by atoms with van der Waals surface area (Å²) >= 11 is 0. The predicted molar refractivity (Wildman–Crippen MR) is 66.7 cm³/mol. The molecule has 17 heavy (non-hydrogen) atoms. The number of hydrogen-bond donors (Lipinski definition) is 1. The molecule has 2 atom stereocenters. The summed E-state index contributed by atoms with van der Waals surface area (Å²) in [7, 11) is 0. The molecule has 1 aromatic carbocycles. The van der Waals surface area contributed by atoms with Gasteiger partial charge in [-0.3, -0.25) is 9.69 Å². The Morgan fingerprint density at radius 3 is 2.76 bits per heavy atom. The van der Waals surface area contributed by atoms with Gasteiger partial charge in [-0.15, -0.1) is 0 Å². The molecule has 0 aromatic heterocycles. The topological polar surface area (TPSA) is 40.5 Å². The average molecular weight is 233 g/mol. The Morgan fingerprint density at radius 1 is 1.41 bits per heavy atom. The number of carboxylic acids is 1. The van der Waals surface area contributed by atoms with Gasteiger partial charge in [-0.1, -0.05) is 30.3 Å². The van der Waals surface area contributed by atoms with Gasteiger partial charge in [-0.25, -0.2) is 0 Å². The van der Waals surface area contributed by atoms with Crippen LogP contribution in [0.3, 0.4) is 0 Å². The summed E-state index contributed by atoms with van der Waals surface area (Å²) in [6, 6.07) is 10.7. The lowest BCUT2D eigenvalue weighted by Gasteiger charge is -2.24. The van der Waals surface area contributed by atoms with E-state index in [9.17, 15) is 4.79 Å². The summed E-state index contributed by atoms with van der Waals surface area (Å²) in [5.41, 5.74) is 1.30. The number of benzene rings is 1. The molecule has 1 fully saturated rings. The SMILES string of the molecule is CC1C(CC(=O)O)CCN1Cc1ccccc1. The van der Waals surface area contributed by atoms with Crippen molar-refractivity contribution in [3.05, 3.63) is 35.9 Å². The van der Waals surface area contributed by atoms with Crippen molar-refractivity contribution in [2.24, 2.45) is 5.92 Å². The Bertz CT molecular complexity index is 377. The van der Waals surface area contributed by atoms with Gasteiger partial charge in [0.2, 0.25) is 0 Å². The Labute approximate surface area is 102 Å². The van der Waals surface area contributed by atoms with Crippen molar-refractivity contribution in [2.45, 2.75) is 32.4 Å². The van der Waals surface area contributed by atoms with E-state index in [-0.39, 0.29) is 0 Å². The molecule has 2 rings (SSSR count). The third-order valence-corrected chi connectivity index (χ3v) is 3.71. The highest BCUT2D eigenvalue weighted by Gasteiger charge is 2.31. The molecule has 1 saturated heterocycles. The third-order valence-electron chi connectivity index (χ3n) is 3.71. The van der Waals surface area contributed by atoms with Crippen molar-refractivity contribution in [3.8, 4) is 0 Å². The van der Waals surface area contributed by atoms with E-state index in [0.717, 1.165) is 19.5 Å². The molecule has 92 valence electrons. The number of rotatable bonds is 4. The van der Waals surface area contributed by atoms with E-state index < -0.39 is 5.97 Å². The highest BCUT2D eigenvalue weighted by atomic mass is 16.4. The molecule has 0 aliphatic carbocycles. The highest BCUT2D eigenvalue weighted by Crippen LogP contribution is 2.28. The zero-order chi connectivity index (χ0) is 12.3. The normalized spacial score (nSPS) is 25.0. The zero-order valence-corrected chi connectivity index (χ0v) is 10.2. The minimum atomic E-state index is -0.677. The number of likely N-dealkylation sites (tertiary alicyclic amines) is 1. The van der Waals surface area contributed by atoms with Crippen LogP contribution in [-0.2, 0) is 11.3 Å². The molecule has 1 aromatic rings. The second-order valence-electron chi connectivity index (χ2n) is 4.84. The largest absolute Gasteiger partial charge is 0.481 e. The van der Waals surface area contributed by atoms with Crippen LogP contribution in [0.1, 0.15) is 25.3 Å². The van der Waals surface area contributed by atoms with Gasteiger partial charge in [0.25, 0.3) is 0 Å². The molecule has 3 heteroatoms. The molecular formula is C14H19NO2. The summed E-state index contributed by atoms with van der Waals surface area (Å²) in [5, 5.41) is 8.85. The summed E-state index contributed by atoms with van der Waals surface area (Å²) in [6.07, 6.45) is 1.30. The summed E-state index contributed by atoms with van der Waals surface area (Å²) in [6.45, 7) is 4.08. The second-order valence-corrected chi connectivity index (χ2v) is 4.84. The van der Waals surface area contributed by atoms with Gasteiger partial charge >= 0.3 is 5.97 Å². The average Bonchev–Trinajstić information content (AvgIpc) is 2.62. The lowest BCUT2D eigenvalue weighted by atomic mass is 9.98. The summed E-state index contributed by atoms with van der Waals surface area (Å²) in [4.78, 5) is 13.1. The minimum absolute atomic E-state index is 0.298. The first-order valence-corrected chi connectivity index (χ1v) is 6.16. The third kappa shape index (κ3) is 3.07. The molecular weight excluding hydrogens is 214 g/mol. The van der Waals surface area contributed by atoms with E-state index in [0.29, 0.717) is 18.4 Å². The van der Waals surface area contributed by atoms with Crippen molar-refractivity contribution in [1.29, 1.82) is 0 Å². The monoisotopic (exact) mass is 233 g/mol. The maximum Gasteiger partial charge on any atom is 0.303 e. The fraction of sp³-hybridized carbons (Fsp3) is 0.500. The molecule has 1 heterocycles. The fourth-order valence-electron chi connectivity index (χ4n) is 2.61. The number of carbonyl (C=O) groups is 1. The van der Waals surface area contributed by atoms with Crippen molar-refractivity contribution in [1.82, 2.24) is 4.90 Å². The van der Waals surface area contributed by atoms with Crippen LogP contribution >= 0.6 is 0 Å². The summed E-state index contributed by atoms with van der Waals surface area (Å²) < 4.78 is 0. The predicted octanol–water partition coefficient (Wildman–Crippen LogP) is 2.37. The van der Waals surface area contributed by atoms with Crippen LogP contribution in [0.2, 0.25) is 0 Å². The number of aliphatic carboxylic acids is 1. The molecule has 2 unspecified atom stereocenters. The molecule has 1 N–H and O–H groups in total. The highest BCUT2D eigenvalue weighted by molar-refractivity contribution is 5.67. The Morgan fingerprint density at radius 2 is 2.12 bits per heavy atom. The minimum Gasteiger partial charge on any atom is -0.481 e. The van der Waals surface area contributed by atoms with Crippen LogP contribution in [0.15, 0.2) is 30.3 Å². The molecule has 0 radical (unpaired) electrons. The van der Waals surface area contributed by atoms with Crippen LogP contribution < -0.4 is 0 Å². The molecule has 0 amide bonds. The van der Waals surface area contributed by atoms with Gasteiger partial charge in [0.15, 0.2) is 0 Å². The lowest BCUT2D eigenvalue weighted by Crippen LogP contribution is -2.30. The fourth-order valence-corrected chi connectivity index (χ4v) is 2.61. The van der Waals surface area contributed by atoms with Gasteiger partial charge in [0.1, 0.15) is 0 Å². The van der Waals surface area contributed by atoms with Gasteiger partial charge < -0.3 is 5.11 Å². The molecule has 0 spiro atoms. The Kier molecular flexibility index (Phi) is 3.79. The first kappa shape index (κ1) is 12.1. The standard InChI is InChI=1S/C14H19NO2/c1-11-13(9-14(16)17)7-8-15(11)10-12-5-3-2-4-6-12/h2-6,11,13H,7-10H2,1H3,(H,16,17). The smallest absolute Gasteiger partial charge is 0.303 e. The van der Waals surface area contributed by atoms with Crippen molar-refractivity contribution in [3.63, 3.8) is 0 Å². The van der Waals surface area contributed by atoms with Crippen molar-refractivity contribution >= 4 is 5.97 Å². The van der Waals surface area contributed by atoms with Crippen LogP contribution in [-0.4, -0.2) is 28.6 Å². The van der Waals surface area contributed by atoms with Crippen LogP contribution in [0.5, 0.6) is 0 Å². The molecule has 0 saturated carbocycles. The number of carboxylic acid groups (broad SMARTS) is 1. The van der Waals surface area contributed by atoms with E-state index in [1.54, 1.807) is 0 Å². The number of hydrogen-bond acceptors (Lipinski definition) is 2. The number of nitrogens with zero attached hydrogens (tertiary/aromatic N) is 1. The van der Waals surface area contributed by atoms with Gasteiger partial charge in [0, 0.05) is 19.0 Å². The van der Waals surface area contributed by atoms with Crippen LogP contribution in [0.25, 0.3) is 0 Å². The quantitative estimate of drug-likeness (QED) is 0.868. The van der Waals surface area contributed by atoms with Gasteiger partial charge in [-0.05, 0) is 31.4 Å². The first-order valence-electron chi connectivity index (χ1n) is 6.16. The Balaban J connectivity index is 1.94. The zero-order valence-electron chi connectivity index (χ0n) is 10.2. The summed E-state index contributed by atoms with van der Waals surface area (Å²) in [5.74, 6) is -0.375. The molecule has 0 bridgehead atoms. The van der Waals surface area contributed by atoms with E-state index >= 15 is 0 Å². The van der Waals surface area contributed by atoms with E-state index in [2.05, 4.69) is 24.0 Å². The van der Waals surface area contributed by atoms with Crippen molar-refractivity contribution < 1.29 is 9.90 Å². The second kappa shape index (κ2) is 5.32. The van der Waals surface area contributed by atoms with E-state index in [1.165, 1.54) is 5.56 Å². The van der Waals surface area contributed by atoms with Crippen LogP contribution in [0, 0.1) is 5.92 Å². The van der Waals surface area contributed by atoms with Crippen LogP contribution in [0.4, 0.5) is 0 Å². The van der Waals surface area contributed by atoms with Gasteiger partial charge in [-0.2, -0.15) is 0 Å².